The number of benzene rings is 1. The zero-order valence-electron chi connectivity index (χ0n) is 16.2. The van der Waals surface area contributed by atoms with Gasteiger partial charge in [-0.2, -0.15) is 4.31 Å². The molecule has 1 amide bonds. The van der Waals surface area contributed by atoms with Crippen LogP contribution >= 0.6 is 0 Å². The molecular formula is C20H25N3O4S. The van der Waals surface area contributed by atoms with Gasteiger partial charge in [0, 0.05) is 43.6 Å². The average Bonchev–Trinajstić information content (AvgIpc) is 3.03. The molecule has 1 aromatic carbocycles. The van der Waals surface area contributed by atoms with Crippen molar-refractivity contribution in [3.05, 3.63) is 58.3 Å². The summed E-state index contributed by atoms with van der Waals surface area (Å²) in [5.74, 6) is 0.767. The lowest BCUT2D eigenvalue weighted by molar-refractivity contribution is -0.132. The molecule has 0 bridgehead atoms. The Hall–Kier alpha value is -2.45. The fraction of sp³-hybridized carbons (Fsp3) is 0.400. The molecular weight excluding hydrogens is 378 g/mol. The highest BCUT2D eigenvalue weighted by atomic mass is 32.2. The molecule has 1 saturated heterocycles. The van der Waals surface area contributed by atoms with Crippen molar-refractivity contribution in [1.82, 2.24) is 14.4 Å². The number of aromatic nitrogens is 1. The number of amides is 1. The van der Waals surface area contributed by atoms with Crippen LogP contribution in [0.25, 0.3) is 6.08 Å². The van der Waals surface area contributed by atoms with E-state index in [1.807, 2.05) is 44.2 Å². The van der Waals surface area contributed by atoms with Gasteiger partial charge in [-0.25, -0.2) is 8.42 Å². The first-order chi connectivity index (χ1) is 13.4. The molecule has 8 heteroatoms. The number of sulfonamides is 1. The van der Waals surface area contributed by atoms with Crippen LogP contribution in [0.5, 0.6) is 0 Å². The Balaban J connectivity index is 1.52. The SMILES string of the molecule is Cc1noc(C)c1CCC(=O)N1CCN(S(=O)(=O)/C=C/c2ccccc2)CC1. The van der Waals surface area contributed by atoms with E-state index in [2.05, 4.69) is 5.16 Å². The van der Waals surface area contributed by atoms with Gasteiger partial charge < -0.3 is 9.42 Å². The van der Waals surface area contributed by atoms with Crippen LogP contribution in [0.3, 0.4) is 0 Å². The predicted molar refractivity (Wildman–Crippen MR) is 107 cm³/mol. The van der Waals surface area contributed by atoms with Gasteiger partial charge in [0.25, 0.3) is 0 Å². The summed E-state index contributed by atoms with van der Waals surface area (Å²) in [5.41, 5.74) is 2.62. The summed E-state index contributed by atoms with van der Waals surface area (Å²) in [6.07, 6.45) is 2.54. The van der Waals surface area contributed by atoms with Gasteiger partial charge in [0.2, 0.25) is 15.9 Å². The van der Waals surface area contributed by atoms with Gasteiger partial charge in [-0.1, -0.05) is 35.5 Å². The summed E-state index contributed by atoms with van der Waals surface area (Å²) in [4.78, 5) is 14.2. The largest absolute Gasteiger partial charge is 0.361 e. The lowest BCUT2D eigenvalue weighted by atomic mass is 10.1. The summed E-state index contributed by atoms with van der Waals surface area (Å²) < 4.78 is 31.6. The third-order valence-electron chi connectivity index (χ3n) is 4.95. The summed E-state index contributed by atoms with van der Waals surface area (Å²) in [6, 6.07) is 9.30. The van der Waals surface area contributed by atoms with Crippen LogP contribution in [0.2, 0.25) is 0 Å². The van der Waals surface area contributed by atoms with Crippen molar-refractivity contribution in [2.75, 3.05) is 26.2 Å². The highest BCUT2D eigenvalue weighted by Gasteiger charge is 2.27. The maximum Gasteiger partial charge on any atom is 0.236 e. The highest BCUT2D eigenvalue weighted by Crippen LogP contribution is 2.16. The Labute approximate surface area is 165 Å². The number of carbonyl (C=O) groups excluding carboxylic acids is 1. The number of hydrogen-bond acceptors (Lipinski definition) is 5. The van der Waals surface area contributed by atoms with E-state index >= 15 is 0 Å². The Morgan fingerprint density at radius 2 is 1.82 bits per heavy atom. The van der Waals surface area contributed by atoms with E-state index in [1.54, 1.807) is 11.0 Å². The molecule has 2 heterocycles. The lowest BCUT2D eigenvalue weighted by Crippen LogP contribution is -2.50. The maximum absolute atomic E-state index is 12.5. The minimum Gasteiger partial charge on any atom is -0.361 e. The van der Waals surface area contributed by atoms with Crippen LogP contribution in [0.15, 0.2) is 40.3 Å². The molecule has 1 aliphatic rings. The molecule has 1 fully saturated rings. The molecule has 0 atom stereocenters. The smallest absolute Gasteiger partial charge is 0.236 e. The first kappa shape index (κ1) is 20.3. The molecule has 7 nitrogen and oxygen atoms in total. The monoisotopic (exact) mass is 403 g/mol. The summed E-state index contributed by atoms with van der Waals surface area (Å²) in [7, 11) is -3.50. The van der Waals surface area contributed by atoms with E-state index in [1.165, 1.54) is 9.71 Å². The molecule has 0 radical (unpaired) electrons. The topological polar surface area (TPSA) is 83.7 Å². The number of piperazine rings is 1. The summed E-state index contributed by atoms with van der Waals surface area (Å²) in [5, 5.41) is 5.14. The van der Waals surface area contributed by atoms with Crippen LogP contribution in [-0.2, 0) is 21.2 Å². The average molecular weight is 404 g/mol. The minimum atomic E-state index is -3.50. The van der Waals surface area contributed by atoms with Crippen molar-refractivity contribution >= 4 is 22.0 Å². The van der Waals surface area contributed by atoms with E-state index in [-0.39, 0.29) is 5.91 Å². The van der Waals surface area contributed by atoms with E-state index in [4.69, 9.17) is 4.52 Å². The van der Waals surface area contributed by atoms with Gasteiger partial charge in [0.15, 0.2) is 0 Å². The van der Waals surface area contributed by atoms with Crippen LogP contribution < -0.4 is 0 Å². The summed E-state index contributed by atoms with van der Waals surface area (Å²) in [6.45, 7) is 5.12. The van der Waals surface area contributed by atoms with Crippen molar-refractivity contribution < 1.29 is 17.7 Å². The van der Waals surface area contributed by atoms with Crippen LogP contribution in [-0.4, -0.2) is 54.9 Å². The van der Waals surface area contributed by atoms with E-state index in [0.717, 1.165) is 22.6 Å². The fourth-order valence-electron chi connectivity index (χ4n) is 3.26. The lowest BCUT2D eigenvalue weighted by Gasteiger charge is -2.33. The second-order valence-corrected chi connectivity index (χ2v) is 8.66. The van der Waals surface area contributed by atoms with E-state index in [0.29, 0.717) is 39.0 Å². The third kappa shape index (κ3) is 4.88. The quantitative estimate of drug-likeness (QED) is 0.739. The molecule has 0 unspecified atom stereocenters. The molecule has 150 valence electrons. The second-order valence-electron chi connectivity index (χ2n) is 6.84. The Kier molecular flexibility index (Phi) is 6.31. The van der Waals surface area contributed by atoms with Crippen LogP contribution in [0.1, 0.15) is 29.0 Å². The molecule has 0 spiro atoms. The zero-order chi connectivity index (χ0) is 20.1. The number of nitrogens with zero attached hydrogens (tertiary/aromatic N) is 3. The van der Waals surface area contributed by atoms with Crippen molar-refractivity contribution in [3.63, 3.8) is 0 Å². The van der Waals surface area contributed by atoms with Gasteiger partial charge in [0.05, 0.1) is 5.69 Å². The van der Waals surface area contributed by atoms with Crippen molar-refractivity contribution in [3.8, 4) is 0 Å². The number of aryl methyl sites for hydroxylation is 2. The second kappa shape index (κ2) is 8.70. The van der Waals surface area contributed by atoms with Gasteiger partial charge >= 0.3 is 0 Å². The minimum absolute atomic E-state index is 0.0249. The van der Waals surface area contributed by atoms with Crippen LogP contribution in [0, 0.1) is 13.8 Å². The molecule has 1 aromatic heterocycles. The molecule has 3 rings (SSSR count). The van der Waals surface area contributed by atoms with E-state index in [9.17, 15) is 13.2 Å². The highest BCUT2D eigenvalue weighted by molar-refractivity contribution is 7.92. The normalized spacial score (nSPS) is 16.0. The fourth-order valence-corrected chi connectivity index (χ4v) is 4.43. The molecule has 2 aromatic rings. The summed E-state index contributed by atoms with van der Waals surface area (Å²) >= 11 is 0. The number of carbonyl (C=O) groups is 1. The van der Waals surface area contributed by atoms with Crippen molar-refractivity contribution in [1.29, 1.82) is 0 Å². The van der Waals surface area contributed by atoms with Crippen LogP contribution in [0.4, 0.5) is 0 Å². The molecule has 1 aliphatic heterocycles. The maximum atomic E-state index is 12.5. The molecule has 0 N–H and O–H groups in total. The van der Waals surface area contributed by atoms with Gasteiger partial charge in [-0.15, -0.1) is 0 Å². The standard InChI is InChI=1S/C20H25N3O4S/c1-16-19(17(2)27-21-16)8-9-20(24)22-11-13-23(14-12-22)28(25,26)15-10-18-6-4-3-5-7-18/h3-7,10,15H,8-9,11-14H2,1-2H3/b15-10+. The first-order valence-electron chi connectivity index (χ1n) is 9.29. The first-order valence-corrected chi connectivity index (χ1v) is 10.8. The molecule has 0 aliphatic carbocycles. The van der Waals surface area contributed by atoms with Crippen molar-refractivity contribution in [2.24, 2.45) is 0 Å². The number of hydrogen-bond donors (Lipinski definition) is 0. The molecule has 0 saturated carbocycles. The van der Waals surface area contributed by atoms with Gasteiger partial charge in [-0.05, 0) is 31.9 Å². The molecule has 28 heavy (non-hydrogen) atoms. The Bertz CT molecular complexity index is 924. The zero-order valence-corrected chi connectivity index (χ0v) is 17.0. The van der Waals surface area contributed by atoms with Gasteiger partial charge in [0.1, 0.15) is 5.76 Å². The third-order valence-corrected chi connectivity index (χ3v) is 6.52. The predicted octanol–water partition coefficient (Wildman–Crippen LogP) is 2.37. The van der Waals surface area contributed by atoms with E-state index < -0.39 is 10.0 Å². The Morgan fingerprint density at radius 1 is 1.14 bits per heavy atom. The van der Waals surface area contributed by atoms with Gasteiger partial charge in [-0.3, -0.25) is 4.79 Å². The van der Waals surface area contributed by atoms with Crippen molar-refractivity contribution in [2.45, 2.75) is 26.7 Å². The Morgan fingerprint density at radius 3 is 2.43 bits per heavy atom. The number of rotatable bonds is 6.